The first-order valence-corrected chi connectivity index (χ1v) is 12.3. The summed E-state index contributed by atoms with van der Waals surface area (Å²) < 4.78 is 44.1. The van der Waals surface area contributed by atoms with Gasteiger partial charge in [-0.3, -0.25) is 4.79 Å². The van der Waals surface area contributed by atoms with E-state index in [0.29, 0.717) is 21.9 Å². The van der Waals surface area contributed by atoms with Crippen molar-refractivity contribution in [3.05, 3.63) is 118 Å². The highest BCUT2D eigenvalue weighted by atomic mass is 79.9. The summed E-state index contributed by atoms with van der Waals surface area (Å²) in [5, 5.41) is 6.18. The largest absolute Gasteiger partial charge is 0.417 e. The van der Waals surface area contributed by atoms with Crippen LogP contribution in [0.5, 0.6) is 0 Å². The Bertz CT molecular complexity index is 1900. The second-order valence-corrected chi connectivity index (χ2v) is 9.49. The molecule has 0 spiro atoms. The minimum absolute atomic E-state index is 0.0398. The lowest BCUT2D eigenvalue weighted by molar-refractivity contribution is -0.137. The van der Waals surface area contributed by atoms with Crippen molar-refractivity contribution in [1.29, 1.82) is 0 Å². The lowest BCUT2D eigenvalue weighted by atomic mass is 9.98. The van der Waals surface area contributed by atoms with Gasteiger partial charge in [-0.05, 0) is 48.0 Å². The molecule has 3 aromatic carbocycles. The van der Waals surface area contributed by atoms with Crippen LogP contribution in [0.15, 0.2) is 106 Å². The average Bonchev–Trinajstić information content (AvgIpc) is 2.93. The van der Waals surface area contributed by atoms with E-state index in [2.05, 4.69) is 31.0 Å². The van der Waals surface area contributed by atoms with Crippen LogP contribution in [0.4, 0.5) is 13.2 Å². The van der Waals surface area contributed by atoms with Gasteiger partial charge in [-0.15, -0.1) is 0 Å². The Hall–Kier alpha value is -4.37. The summed E-state index contributed by atoms with van der Waals surface area (Å²) >= 11 is 3.43. The van der Waals surface area contributed by atoms with Gasteiger partial charge in [-0.1, -0.05) is 64.5 Å². The van der Waals surface area contributed by atoms with E-state index in [0.717, 1.165) is 20.8 Å². The maximum atomic E-state index is 14.1. The van der Waals surface area contributed by atoms with E-state index >= 15 is 0 Å². The third kappa shape index (κ3) is 4.14. The van der Waals surface area contributed by atoms with Crippen LogP contribution in [0, 0.1) is 0 Å². The molecule has 0 atom stereocenters. The molecule has 0 saturated carbocycles. The third-order valence-electron chi connectivity index (χ3n) is 6.22. The summed E-state index contributed by atoms with van der Waals surface area (Å²) in [7, 11) is 0. The SMILES string of the molecule is O=c1c2ccccc2c(-c2ccc(Br)cc2)nn1-c1nc2ncccc2cc1-c1ccccc1C(F)(F)F. The molecule has 0 amide bonds. The lowest BCUT2D eigenvalue weighted by Gasteiger charge is -2.17. The molecule has 3 aromatic heterocycles. The molecule has 38 heavy (non-hydrogen) atoms. The zero-order chi connectivity index (χ0) is 26.4. The van der Waals surface area contributed by atoms with Gasteiger partial charge in [0.1, 0.15) is 0 Å². The van der Waals surface area contributed by atoms with Gasteiger partial charge in [-0.25, -0.2) is 9.97 Å². The number of alkyl halides is 3. The van der Waals surface area contributed by atoms with E-state index in [1.54, 1.807) is 42.5 Å². The van der Waals surface area contributed by atoms with Crippen LogP contribution in [0.3, 0.4) is 0 Å². The van der Waals surface area contributed by atoms with Crippen LogP contribution in [-0.4, -0.2) is 19.7 Å². The van der Waals surface area contributed by atoms with Crippen molar-refractivity contribution in [3.8, 4) is 28.2 Å². The molecule has 5 nitrogen and oxygen atoms in total. The normalized spacial score (nSPS) is 11.8. The molecule has 186 valence electrons. The van der Waals surface area contributed by atoms with Gasteiger partial charge in [0.25, 0.3) is 5.56 Å². The Balaban J connectivity index is 1.74. The van der Waals surface area contributed by atoms with Crippen LogP contribution in [0.2, 0.25) is 0 Å². The molecule has 0 radical (unpaired) electrons. The molecule has 0 unspecified atom stereocenters. The molecule has 9 heteroatoms. The Morgan fingerprint density at radius 3 is 2.26 bits per heavy atom. The number of halogens is 4. The molecule has 0 saturated heterocycles. The van der Waals surface area contributed by atoms with E-state index in [1.807, 2.05) is 24.3 Å². The maximum absolute atomic E-state index is 14.1. The monoisotopic (exact) mass is 572 g/mol. The summed E-state index contributed by atoms with van der Waals surface area (Å²) in [5.74, 6) is -0.0398. The summed E-state index contributed by atoms with van der Waals surface area (Å²) in [4.78, 5) is 22.6. The van der Waals surface area contributed by atoms with Crippen molar-refractivity contribution in [2.45, 2.75) is 6.18 Å². The van der Waals surface area contributed by atoms with Crippen molar-refractivity contribution in [2.75, 3.05) is 0 Å². The number of rotatable bonds is 3. The zero-order valence-electron chi connectivity index (χ0n) is 19.4. The fourth-order valence-corrected chi connectivity index (χ4v) is 4.74. The second kappa shape index (κ2) is 9.18. The first-order valence-electron chi connectivity index (χ1n) is 11.5. The average molecular weight is 573 g/mol. The highest BCUT2D eigenvalue weighted by molar-refractivity contribution is 9.10. The highest BCUT2D eigenvalue weighted by Gasteiger charge is 2.34. The number of fused-ring (bicyclic) bond motifs is 2. The number of aromatic nitrogens is 4. The fraction of sp³-hybridized carbons (Fsp3) is 0.0345. The number of nitrogens with zero attached hydrogens (tertiary/aromatic N) is 4. The molecule has 0 aliphatic heterocycles. The van der Waals surface area contributed by atoms with Crippen LogP contribution in [0.25, 0.3) is 50.0 Å². The fourth-order valence-electron chi connectivity index (χ4n) is 4.47. The van der Waals surface area contributed by atoms with E-state index in [9.17, 15) is 18.0 Å². The van der Waals surface area contributed by atoms with E-state index in [-0.39, 0.29) is 22.6 Å². The molecule has 0 bridgehead atoms. The molecule has 0 aliphatic carbocycles. The third-order valence-corrected chi connectivity index (χ3v) is 6.74. The van der Waals surface area contributed by atoms with Gasteiger partial charge in [0, 0.05) is 32.6 Å². The van der Waals surface area contributed by atoms with E-state index in [1.165, 1.54) is 24.4 Å². The summed E-state index contributed by atoms with van der Waals surface area (Å²) in [6, 6.07) is 24.6. The Morgan fingerprint density at radius 2 is 1.50 bits per heavy atom. The minimum Gasteiger partial charge on any atom is -0.267 e. The Labute approximate surface area is 222 Å². The van der Waals surface area contributed by atoms with E-state index in [4.69, 9.17) is 0 Å². The first-order chi connectivity index (χ1) is 18.3. The van der Waals surface area contributed by atoms with Crippen molar-refractivity contribution in [3.63, 3.8) is 0 Å². The molecule has 3 heterocycles. The number of pyridine rings is 2. The first kappa shape index (κ1) is 24.0. The van der Waals surface area contributed by atoms with Crippen LogP contribution in [0.1, 0.15) is 5.56 Å². The summed E-state index contributed by atoms with van der Waals surface area (Å²) in [5.41, 5.74) is 0.163. The smallest absolute Gasteiger partial charge is 0.267 e. The van der Waals surface area contributed by atoms with Gasteiger partial charge in [0.15, 0.2) is 11.5 Å². The van der Waals surface area contributed by atoms with Crippen LogP contribution < -0.4 is 5.56 Å². The standard InChI is InChI=1S/C29H16BrF3N4O/c30-19-13-11-17(12-14-19)25-21-8-1-2-9-22(21)28(38)37(36-25)27-23(16-18-6-5-15-34-26(18)35-27)20-7-3-4-10-24(20)29(31,32)33/h1-16H. The Morgan fingerprint density at radius 1 is 0.789 bits per heavy atom. The van der Waals surface area contributed by atoms with Crippen LogP contribution in [-0.2, 0) is 6.18 Å². The highest BCUT2D eigenvalue weighted by Crippen LogP contribution is 2.39. The molecular formula is C29H16BrF3N4O. The predicted molar refractivity (Wildman–Crippen MR) is 144 cm³/mol. The minimum atomic E-state index is -4.62. The van der Waals surface area contributed by atoms with Gasteiger partial charge < -0.3 is 0 Å². The van der Waals surface area contributed by atoms with E-state index < -0.39 is 17.3 Å². The Kier molecular flexibility index (Phi) is 5.80. The summed E-state index contributed by atoms with van der Waals surface area (Å²) in [6.07, 6.45) is -3.09. The van der Waals surface area contributed by atoms with Crippen molar-refractivity contribution < 1.29 is 13.2 Å². The number of benzene rings is 3. The van der Waals surface area contributed by atoms with Gasteiger partial charge >= 0.3 is 6.18 Å². The van der Waals surface area contributed by atoms with Crippen molar-refractivity contribution >= 4 is 37.7 Å². The van der Waals surface area contributed by atoms with Crippen LogP contribution >= 0.6 is 15.9 Å². The predicted octanol–water partition coefficient (Wildman–Crippen LogP) is 7.44. The number of hydrogen-bond donors (Lipinski definition) is 0. The topological polar surface area (TPSA) is 60.7 Å². The molecule has 6 aromatic rings. The van der Waals surface area contributed by atoms with Gasteiger partial charge in [-0.2, -0.15) is 23.0 Å². The van der Waals surface area contributed by atoms with Crippen molar-refractivity contribution in [2.24, 2.45) is 0 Å². The lowest BCUT2D eigenvalue weighted by Crippen LogP contribution is -2.24. The number of hydrogen-bond acceptors (Lipinski definition) is 4. The molecule has 0 N–H and O–H groups in total. The molecule has 6 rings (SSSR count). The maximum Gasteiger partial charge on any atom is 0.417 e. The quantitative estimate of drug-likeness (QED) is 0.221. The molecular weight excluding hydrogens is 557 g/mol. The van der Waals surface area contributed by atoms with Gasteiger partial charge in [0.05, 0.1) is 16.6 Å². The van der Waals surface area contributed by atoms with Crippen molar-refractivity contribution in [1.82, 2.24) is 19.7 Å². The second-order valence-electron chi connectivity index (χ2n) is 8.57. The van der Waals surface area contributed by atoms with Gasteiger partial charge in [0.2, 0.25) is 0 Å². The molecule has 0 fully saturated rings. The summed E-state index contributed by atoms with van der Waals surface area (Å²) in [6.45, 7) is 0. The zero-order valence-corrected chi connectivity index (χ0v) is 21.0. The molecule has 0 aliphatic rings.